The van der Waals surface area contributed by atoms with E-state index in [0.717, 1.165) is 25.9 Å². The number of isocyanates is 1. The van der Waals surface area contributed by atoms with E-state index in [1.54, 1.807) is 0 Å². The van der Waals surface area contributed by atoms with Crippen molar-refractivity contribution in [1.29, 1.82) is 5.26 Å². The van der Waals surface area contributed by atoms with Gasteiger partial charge in [-0.1, -0.05) is 0 Å². The summed E-state index contributed by atoms with van der Waals surface area (Å²) in [6.07, 6.45) is 3.51. The number of aliphatic imine (C=N–C) groups is 1. The minimum absolute atomic E-state index is 0.268. The van der Waals surface area contributed by atoms with Crippen LogP contribution in [0.3, 0.4) is 0 Å². The molecule has 1 unspecified atom stereocenters. The van der Waals surface area contributed by atoms with Gasteiger partial charge in [0, 0.05) is 12.5 Å². The second kappa shape index (κ2) is 2.95. The Kier molecular flexibility index (Phi) is 1.91. The van der Waals surface area contributed by atoms with Gasteiger partial charge < -0.3 is 0 Å². The number of piperidine rings is 3. The molecule has 0 saturated carbocycles. The van der Waals surface area contributed by atoms with E-state index in [-0.39, 0.29) is 5.92 Å². The van der Waals surface area contributed by atoms with Crippen LogP contribution in [0, 0.1) is 17.2 Å². The standard InChI is InChI=1S/C9H11N3O/c10-5-9(11-7-13)6-12-3-1-8(9)2-4-12/h8H,1-4,6H2. The Bertz CT molecular complexity index is 294. The molecular weight excluding hydrogens is 166 g/mol. The second-order valence-corrected chi connectivity index (χ2v) is 3.79. The number of nitriles is 1. The summed E-state index contributed by atoms with van der Waals surface area (Å²) in [7, 11) is 0. The Morgan fingerprint density at radius 2 is 2.15 bits per heavy atom. The number of hydrogen-bond acceptors (Lipinski definition) is 4. The molecule has 0 radical (unpaired) electrons. The van der Waals surface area contributed by atoms with Gasteiger partial charge in [-0.25, -0.2) is 4.79 Å². The molecule has 1 atom stereocenters. The molecule has 0 spiro atoms. The topological polar surface area (TPSA) is 56.5 Å². The summed E-state index contributed by atoms with van der Waals surface area (Å²) in [6.45, 7) is 2.70. The van der Waals surface area contributed by atoms with Crippen molar-refractivity contribution in [2.24, 2.45) is 10.9 Å². The van der Waals surface area contributed by atoms with Gasteiger partial charge >= 0.3 is 0 Å². The van der Waals surface area contributed by atoms with Gasteiger partial charge in [0.05, 0.1) is 6.07 Å². The highest BCUT2D eigenvalue weighted by atomic mass is 16.1. The molecule has 0 aromatic rings. The molecule has 13 heavy (non-hydrogen) atoms. The fourth-order valence-electron chi connectivity index (χ4n) is 2.40. The van der Waals surface area contributed by atoms with Gasteiger partial charge in [0.1, 0.15) is 0 Å². The van der Waals surface area contributed by atoms with Crippen LogP contribution in [0.5, 0.6) is 0 Å². The predicted molar refractivity (Wildman–Crippen MR) is 45.6 cm³/mol. The molecule has 68 valence electrons. The van der Waals surface area contributed by atoms with Crippen molar-refractivity contribution in [3.8, 4) is 6.07 Å². The van der Waals surface area contributed by atoms with Gasteiger partial charge in [-0.05, 0) is 25.9 Å². The summed E-state index contributed by atoms with van der Waals surface area (Å²) in [6, 6.07) is 2.18. The van der Waals surface area contributed by atoms with E-state index >= 15 is 0 Å². The molecule has 3 saturated heterocycles. The third-order valence-electron chi connectivity index (χ3n) is 3.17. The van der Waals surface area contributed by atoms with Gasteiger partial charge in [-0.15, -0.1) is 0 Å². The molecule has 3 fully saturated rings. The lowest BCUT2D eigenvalue weighted by molar-refractivity contribution is 0.0587. The summed E-state index contributed by atoms with van der Waals surface area (Å²) in [5, 5.41) is 9.05. The van der Waals surface area contributed by atoms with Crippen molar-refractivity contribution in [3.05, 3.63) is 0 Å². The molecule has 0 aromatic heterocycles. The van der Waals surface area contributed by atoms with Crippen LogP contribution >= 0.6 is 0 Å². The van der Waals surface area contributed by atoms with E-state index in [9.17, 15) is 4.79 Å². The van der Waals surface area contributed by atoms with E-state index in [1.807, 2.05) is 0 Å². The zero-order chi connectivity index (χ0) is 9.31. The summed E-state index contributed by atoms with van der Waals surface area (Å²) >= 11 is 0. The SMILES string of the molecule is N#CC1(N=C=O)CN2CCC1CC2. The number of rotatable bonds is 1. The molecule has 2 bridgehead atoms. The van der Waals surface area contributed by atoms with Crippen molar-refractivity contribution >= 4 is 6.08 Å². The second-order valence-electron chi connectivity index (χ2n) is 3.79. The third kappa shape index (κ3) is 1.17. The molecule has 0 aliphatic carbocycles. The summed E-state index contributed by atoms with van der Waals surface area (Å²) in [5.41, 5.74) is -0.780. The van der Waals surface area contributed by atoms with Gasteiger partial charge in [0.2, 0.25) is 6.08 Å². The Balaban J connectivity index is 2.31. The summed E-state index contributed by atoms with van der Waals surface area (Å²) in [4.78, 5) is 16.2. The molecule has 0 amide bonds. The van der Waals surface area contributed by atoms with Gasteiger partial charge in [0.25, 0.3) is 0 Å². The Morgan fingerprint density at radius 1 is 1.46 bits per heavy atom. The lowest BCUT2D eigenvalue weighted by Gasteiger charge is -2.46. The first kappa shape index (κ1) is 8.43. The van der Waals surface area contributed by atoms with E-state index in [0.29, 0.717) is 6.54 Å². The zero-order valence-corrected chi connectivity index (χ0v) is 7.36. The van der Waals surface area contributed by atoms with Gasteiger partial charge in [-0.3, -0.25) is 4.90 Å². The van der Waals surface area contributed by atoms with Crippen LogP contribution in [0.1, 0.15) is 12.8 Å². The van der Waals surface area contributed by atoms with Gasteiger partial charge in [0.15, 0.2) is 5.54 Å². The van der Waals surface area contributed by atoms with Crippen molar-refractivity contribution in [1.82, 2.24) is 4.90 Å². The Morgan fingerprint density at radius 3 is 2.54 bits per heavy atom. The monoisotopic (exact) mass is 177 g/mol. The van der Waals surface area contributed by atoms with Crippen molar-refractivity contribution in [2.45, 2.75) is 18.4 Å². The highest BCUT2D eigenvalue weighted by molar-refractivity contribution is 5.38. The minimum atomic E-state index is -0.780. The van der Waals surface area contributed by atoms with Crippen LogP contribution in [-0.4, -0.2) is 36.2 Å². The molecule has 4 heteroatoms. The highest BCUT2D eigenvalue weighted by Gasteiger charge is 2.47. The maximum Gasteiger partial charge on any atom is 0.236 e. The predicted octanol–water partition coefficient (Wildman–Crippen LogP) is 0.310. The first-order valence-corrected chi connectivity index (χ1v) is 4.53. The molecule has 3 heterocycles. The van der Waals surface area contributed by atoms with Crippen LogP contribution < -0.4 is 0 Å². The van der Waals surface area contributed by atoms with Crippen molar-refractivity contribution in [2.75, 3.05) is 19.6 Å². The lowest BCUT2D eigenvalue weighted by atomic mass is 9.74. The average Bonchev–Trinajstić information content (AvgIpc) is 2.20. The molecule has 3 aliphatic rings. The number of carbonyl (C=O) groups excluding carboxylic acids is 1. The smallest absolute Gasteiger partial charge is 0.236 e. The maximum absolute atomic E-state index is 10.3. The maximum atomic E-state index is 10.3. The van der Waals surface area contributed by atoms with E-state index in [4.69, 9.17) is 5.26 Å². The van der Waals surface area contributed by atoms with Crippen molar-refractivity contribution in [3.63, 3.8) is 0 Å². The first-order chi connectivity index (χ1) is 6.30. The van der Waals surface area contributed by atoms with E-state index < -0.39 is 5.54 Å². The molecule has 0 N–H and O–H groups in total. The zero-order valence-electron chi connectivity index (χ0n) is 7.36. The van der Waals surface area contributed by atoms with E-state index in [1.165, 1.54) is 6.08 Å². The van der Waals surface area contributed by atoms with Crippen LogP contribution in [0.4, 0.5) is 0 Å². The van der Waals surface area contributed by atoms with Crippen LogP contribution in [-0.2, 0) is 4.79 Å². The number of fused-ring (bicyclic) bond motifs is 3. The Hall–Kier alpha value is -1.17. The number of nitrogens with zero attached hydrogens (tertiary/aromatic N) is 3. The quantitative estimate of drug-likeness (QED) is 0.428. The molecular formula is C9H11N3O. The highest BCUT2D eigenvalue weighted by Crippen LogP contribution is 2.37. The molecule has 4 nitrogen and oxygen atoms in total. The average molecular weight is 177 g/mol. The van der Waals surface area contributed by atoms with Gasteiger partial charge in [-0.2, -0.15) is 10.3 Å². The summed E-state index contributed by atoms with van der Waals surface area (Å²) < 4.78 is 0. The summed E-state index contributed by atoms with van der Waals surface area (Å²) in [5.74, 6) is 0.268. The fourth-order valence-corrected chi connectivity index (χ4v) is 2.40. The van der Waals surface area contributed by atoms with E-state index in [2.05, 4.69) is 16.0 Å². The van der Waals surface area contributed by atoms with Crippen LogP contribution in [0.25, 0.3) is 0 Å². The lowest BCUT2D eigenvalue weighted by Crippen LogP contribution is -2.57. The van der Waals surface area contributed by atoms with Crippen LogP contribution in [0.2, 0.25) is 0 Å². The number of hydrogen-bond donors (Lipinski definition) is 0. The fraction of sp³-hybridized carbons (Fsp3) is 0.778. The minimum Gasteiger partial charge on any atom is -0.300 e. The molecule has 3 aliphatic heterocycles. The van der Waals surface area contributed by atoms with Crippen molar-refractivity contribution < 1.29 is 4.79 Å². The Labute approximate surface area is 76.9 Å². The molecule has 0 aromatic carbocycles. The largest absolute Gasteiger partial charge is 0.300 e. The first-order valence-electron chi connectivity index (χ1n) is 4.53. The third-order valence-corrected chi connectivity index (χ3v) is 3.17. The molecule has 3 rings (SSSR count). The normalized spacial score (nSPS) is 42.1. The van der Waals surface area contributed by atoms with Crippen LogP contribution in [0.15, 0.2) is 4.99 Å².